The number of Topliss-reactive ketones (excluding diaryl/α,β-unsaturated/α-hetero) is 2. The van der Waals surface area contributed by atoms with Gasteiger partial charge in [-0.3, -0.25) is 32.8 Å². The number of nitrogens with two attached hydrogens (primary N) is 1. The van der Waals surface area contributed by atoms with Crippen LogP contribution in [-0.4, -0.2) is 107 Å². The average Bonchev–Trinajstić information content (AvgIpc) is 0.747. The zero-order valence-electron chi connectivity index (χ0n) is 67.2. The van der Waals surface area contributed by atoms with Gasteiger partial charge in [0.2, 0.25) is 0 Å². The molecule has 27 heteroatoms. The Kier molecular flexibility index (Phi) is 59.6. The molecule has 2 aromatic carbocycles. The number of alkyl halides is 1. The van der Waals surface area contributed by atoms with E-state index in [0.717, 1.165) is 135 Å². The molecule has 15 fully saturated rings. The SMILES string of the molecule is C.C.CC.CI.CS(=O)(=O)O.CS(=O)(=O)OC1C2CC3CC(C2)C(=O)C1C3.NC1CC2CCCC(C1)C2.O=C(NC1CC2CCCC(C2)C1)OCc1ccccc1.O=C(O)C1CC2CCCC(C2)C1.O=C(O)[C@@H]1CC2C=CCC(C2)C1.O=C1C2CC3CC(C2)CC1C3.OCc1ccccc1.[2H]C.[CH3-].[HH].[K+].[K+].[N-]=[N+]=[N-].[Na+].[OH-]. The van der Waals surface area contributed by atoms with E-state index in [-0.39, 0.29) is 216 Å². The average molecular weight is 1740 g/mol. The van der Waals surface area contributed by atoms with E-state index >= 15 is 0 Å². The Balaban J connectivity index is -0.000000585. The van der Waals surface area contributed by atoms with Crippen molar-refractivity contribution in [2.45, 2.75) is 267 Å². The molecular formula is C82H139IK2N5NaO16S2. The molecule has 1 amide bonds. The number of fused-ring (bicyclic) bond motifs is 8. The third kappa shape index (κ3) is 40.8. The van der Waals surface area contributed by atoms with Gasteiger partial charge in [-0.2, -0.15) is 16.8 Å². The van der Waals surface area contributed by atoms with Crippen LogP contribution >= 0.6 is 22.6 Å². The van der Waals surface area contributed by atoms with Crippen LogP contribution in [0, 0.1) is 114 Å². The van der Waals surface area contributed by atoms with Gasteiger partial charge in [-0.05, 0) is 228 Å². The Labute approximate surface area is 781 Å². The van der Waals surface area contributed by atoms with E-state index in [4.69, 9.17) is 47.0 Å². The molecular weight excluding hydrogens is 1600 g/mol. The summed E-state index contributed by atoms with van der Waals surface area (Å²) in [6, 6.07) is 20.2. The third-order valence-electron chi connectivity index (χ3n) is 23.7. The van der Waals surface area contributed by atoms with Crippen molar-refractivity contribution < 1.29 is 210 Å². The number of rotatable bonds is 8. The molecule has 13 unspecified atom stereocenters. The van der Waals surface area contributed by atoms with Crippen molar-refractivity contribution in [3.63, 3.8) is 0 Å². The summed E-state index contributed by atoms with van der Waals surface area (Å²) in [5.41, 5.74) is 21.4. The maximum atomic E-state index is 12.0. The molecule has 16 bridgehead atoms. The number of nitrogens with one attached hydrogen (secondary N) is 1. The van der Waals surface area contributed by atoms with Gasteiger partial charge in [-0.25, -0.2) is 4.79 Å². The maximum Gasteiger partial charge on any atom is 1.00 e. The molecule has 2 aromatic rings. The van der Waals surface area contributed by atoms with E-state index in [1.807, 2.05) is 79.4 Å². The van der Waals surface area contributed by atoms with Crippen LogP contribution in [0.1, 0.15) is 249 Å². The number of alkyl carbamates (subject to hydrolysis) is 1. The van der Waals surface area contributed by atoms with E-state index in [2.05, 4.69) is 40.1 Å². The maximum absolute atomic E-state index is 12.0. The molecule has 21 nitrogen and oxygen atoms in total. The van der Waals surface area contributed by atoms with Crippen LogP contribution in [0.4, 0.5) is 4.79 Å². The molecule has 0 saturated heterocycles. The molecule has 610 valence electrons. The number of aliphatic hydroxyl groups is 1. The third-order valence-corrected chi connectivity index (χ3v) is 24.3. The molecule has 16 aliphatic rings. The molecule has 16 aliphatic carbocycles. The van der Waals surface area contributed by atoms with Gasteiger partial charge in [0.25, 0.3) is 20.2 Å². The minimum absolute atomic E-state index is 0. The number of carbonyl (C=O) groups is 5. The van der Waals surface area contributed by atoms with Crippen LogP contribution in [0.15, 0.2) is 72.8 Å². The summed E-state index contributed by atoms with van der Waals surface area (Å²) >= 11 is 2.15. The van der Waals surface area contributed by atoms with Gasteiger partial charge in [-0.1, -0.05) is 189 Å². The second-order valence-corrected chi connectivity index (χ2v) is 34.6. The molecule has 15 saturated carbocycles. The van der Waals surface area contributed by atoms with Crippen molar-refractivity contribution in [2.75, 3.05) is 17.4 Å². The van der Waals surface area contributed by atoms with Crippen LogP contribution in [0.5, 0.6) is 0 Å². The quantitative estimate of drug-likeness (QED) is 0.0137. The fourth-order valence-corrected chi connectivity index (χ4v) is 20.9. The van der Waals surface area contributed by atoms with E-state index in [1.54, 1.807) is 0 Å². The summed E-state index contributed by atoms with van der Waals surface area (Å²) < 4.78 is 64.5. The number of halogens is 1. The van der Waals surface area contributed by atoms with Crippen molar-refractivity contribution in [1.29, 1.82) is 0 Å². The molecule has 8 N–H and O–H groups in total. The van der Waals surface area contributed by atoms with Gasteiger partial charge in [0.05, 0.1) is 37.1 Å². The zero-order chi connectivity index (χ0) is 75.8. The van der Waals surface area contributed by atoms with Crippen molar-refractivity contribution in [2.24, 2.45) is 112 Å². The number of hydrogen-bond acceptors (Lipinski definition) is 14. The number of carboxylic acid groups (broad SMARTS) is 2. The van der Waals surface area contributed by atoms with E-state index in [1.165, 1.54) is 141 Å². The topological polar surface area (TPSA) is 380 Å². The number of carboxylic acids is 2. The Morgan fingerprint density at radius 2 is 0.963 bits per heavy atom. The summed E-state index contributed by atoms with van der Waals surface area (Å²) in [6.45, 7) is 4.49. The monoisotopic (exact) mass is 1740 g/mol. The molecule has 0 radical (unpaired) electrons. The van der Waals surface area contributed by atoms with E-state index in [9.17, 15) is 40.8 Å². The fraction of sp³-hybridized carbons (Fsp3) is 0.756. The largest absolute Gasteiger partial charge is 1.00 e. The molecule has 0 aliphatic heterocycles. The van der Waals surface area contributed by atoms with Crippen LogP contribution in [0.25, 0.3) is 16.0 Å². The van der Waals surface area contributed by atoms with E-state index in [0.29, 0.717) is 60.3 Å². The Morgan fingerprint density at radius 1 is 0.587 bits per heavy atom. The van der Waals surface area contributed by atoms with Crippen molar-refractivity contribution in [3.05, 3.63) is 107 Å². The Hall–Kier alpha value is -0.257. The second kappa shape index (κ2) is 58.6. The first-order valence-corrected chi connectivity index (χ1v) is 43.8. The number of nitrogens with zero attached hydrogens (tertiary/aromatic N) is 3. The number of benzene rings is 2. The second-order valence-electron chi connectivity index (χ2n) is 31.6. The standard InChI is InChI=1S/C17H23NO2.C11H16O4S.C10H16O2.C10H14O2.C10H14O.C9H17N.C7H8O.C2H6.CH3I.CH4O3S.3CH4.CH3.2K.N3.Na.H2O.H2/c19-17(20-12-13-5-2-1-3-6-13)18-16-10-14-7-4-8-15(9-14)11-16;1-16(13,14)15-11-8-3-6-2-7(5-8)10(12)9(11)4-6;2*11-10(12)9-5-7-2-1-3-8(4-7)6-9;11-10-8-2-6-1-7(4-8)5-9(10)3-6;10-9-5-7-2-1-3-8(4-7)6-9;8-6-7-4-2-1-3-5-7;2*1-2;1-5(2,3)4;;;;;;;1-3-2;;;/h1-3,5-6,14-16H,4,7-12H2,(H,18,19);6-9,11H,2-5H2,1H3;7-9H,1-6H2,(H,11,12);1-2,7-9H,3-6H2,(H,11,12);6-9H,1-5H2;7-9H,1-6,10H2;1-5,8H,6H2;1-2H3;1H3;1H3,(H,2,3,4);3*1H4;1H3;;;;;1H2;1H/q;;;;;;;;;;;;;-1;2*+1;-1;+1;;/p-1/t;;;7?,8?,9-;;;;;;;;;;;;;;;;/m...1................/s1/i;;;;;;;;;;1D;;;;;;;;;. The predicted octanol–water partition coefficient (Wildman–Crippen LogP) is 10.2. The molecule has 0 spiro atoms. The van der Waals surface area contributed by atoms with Crippen LogP contribution in [0.3, 0.4) is 0 Å². The van der Waals surface area contributed by atoms with Gasteiger partial charge >= 0.3 is 150 Å². The van der Waals surface area contributed by atoms with Gasteiger partial charge in [-0.15, -0.1) is 0 Å². The van der Waals surface area contributed by atoms with Crippen LogP contribution < -0.4 is 143 Å². The molecule has 14 atom stereocenters. The minimum atomic E-state index is -3.67. The summed E-state index contributed by atoms with van der Waals surface area (Å²) in [5.74, 6) is 9.80. The summed E-state index contributed by atoms with van der Waals surface area (Å²) in [6.07, 6.45) is 43.1. The van der Waals surface area contributed by atoms with Crippen LogP contribution in [-0.2, 0) is 61.5 Å². The van der Waals surface area contributed by atoms with Gasteiger partial charge in [0, 0.05) is 38.6 Å². The number of amides is 1. The van der Waals surface area contributed by atoms with Crippen molar-refractivity contribution >= 4 is 72.4 Å². The Bertz CT molecular complexity index is 3120. The van der Waals surface area contributed by atoms with Crippen molar-refractivity contribution in [3.8, 4) is 0 Å². The number of allylic oxidation sites excluding steroid dienone is 2. The van der Waals surface area contributed by atoms with Gasteiger partial charge < -0.3 is 55.1 Å². The number of ketones is 2. The minimum Gasteiger partial charge on any atom is -0.870 e. The fourth-order valence-electron chi connectivity index (χ4n) is 20.2. The number of aliphatic hydroxyl groups excluding tert-OH is 1. The number of aliphatic carboxylic acids is 2. The smallest absolute Gasteiger partial charge is 0.870 e. The molecule has 0 heterocycles. The molecule has 109 heavy (non-hydrogen) atoms. The normalized spacial score (nSPS) is 32.1. The zero-order valence-corrected chi connectivity index (χ0v) is 78.3. The molecule has 18 rings (SSSR count). The molecule has 0 aromatic heterocycles. The first-order valence-electron chi connectivity index (χ1n) is 39.0. The van der Waals surface area contributed by atoms with Crippen molar-refractivity contribution in [1.82, 2.24) is 5.32 Å². The number of ether oxygens (including phenoxy) is 1. The predicted molar refractivity (Wildman–Crippen MR) is 433 cm³/mol. The van der Waals surface area contributed by atoms with Crippen LogP contribution in [0.2, 0.25) is 0 Å². The first kappa shape index (κ1) is 111. The van der Waals surface area contributed by atoms with Gasteiger partial charge in [0.1, 0.15) is 18.2 Å². The number of carbonyl (C=O) groups excluding carboxylic acids is 3. The summed E-state index contributed by atoms with van der Waals surface area (Å²) in [4.78, 5) is 60.5. The number of hydrogen-bond donors (Lipinski definition) is 6. The summed E-state index contributed by atoms with van der Waals surface area (Å²) in [7, 11) is -5.86. The summed E-state index contributed by atoms with van der Waals surface area (Å²) in [5, 5.41) is 29.4. The Morgan fingerprint density at radius 3 is 1.37 bits per heavy atom. The van der Waals surface area contributed by atoms with E-state index < -0.39 is 32.2 Å². The van der Waals surface area contributed by atoms with Gasteiger partial charge in [0.15, 0.2) is 0 Å². The first-order chi connectivity index (χ1) is 49.3.